The van der Waals surface area contributed by atoms with E-state index in [1.807, 2.05) is 13.1 Å². The minimum absolute atomic E-state index is 0.0919. The van der Waals surface area contributed by atoms with Gasteiger partial charge in [0, 0.05) is 12.0 Å². The number of hydrogen-bond acceptors (Lipinski definition) is 2. The average molecular weight is 290 g/mol. The van der Waals surface area contributed by atoms with Gasteiger partial charge in [-0.15, -0.1) is 0 Å². The van der Waals surface area contributed by atoms with Crippen molar-refractivity contribution in [1.29, 1.82) is 0 Å². The van der Waals surface area contributed by atoms with Gasteiger partial charge in [0.1, 0.15) is 5.82 Å². The predicted octanol–water partition coefficient (Wildman–Crippen LogP) is 2.21. The lowest BCUT2D eigenvalue weighted by molar-refractivity contribution is -0.123. The molecular weight excluding hydrogens is 267 g/mol. The van der Waals surface area contributed by atoms with Gasteiger partial charge in [-0.1, -0.05) is 19.9 Å². The zero-order valence-corrected chi connectivity index (χ0v) is 12.8. The fourth-order valence-electron chi connectivity index (χ4n) is 3.67. The Bertz CT molecular complexity index is 558. The third-order valence-corrected chi connectivity index (χ3v) is 4.77. The predicted molar refractivity (Wildman–Crippen MR) is 80.6 cm³/mol. The van der Waals surface area contributed by atoms with Crippen molar-refractivity contribution >= 4 is 5.91 Å². The van der Waals surface area contributed by atoms with Crippen molar-refractivity contribution in [1.82, 2.24) is 10.6 Å². The summed E-state index contributed by atoms with van der Waals surface area (Å²) in [6.45, 7) is 4.24. The van der Waals surface area contributed by atoms with Crippen LogP contribution in [0.15, 0.2) is 18.2 Å². The molecule has 3 unspecified atom stereocenters. The van der Waals surface area contributed by atoms with Gasteiger partial charge in [0.25, 0.3) is 0 Å². The molecule has 0 radical (unpaired) electrons. The van der Waals surface area contributed by atoms with Gasteiger partial charge in [0.15, 0.2) is 0 Å². The highest BCUT2D eigenvalue weighted by Gasteiger charge is 2.56. The van der Waals surface area contributed by atoms with E-state index in [1.54, 1.807) is 6.07 Å². The largest absolute Gasteiger partial charge is 0.351 e. The third-order valence-electron chi connectivity index (χ3n) is 4.77. The molecule has 0 saturated heterocycles. The van der Waals surface area contributed by atoms with E-state index in [4.69, 9.17) is 0 Å². The summed E-state index contributed by atoms with van der Waals surface area (Å²) in [5.41, 5.74) is 2.33. The highest BCUT2D eigenvalue weighted by molar-refractivity contribution is 5.82. The number of carbonyl (C=O) groups is 1. The van der Waals surface area contributed by atoms with Crippen molar-refractivity contribution in [2.75, 3.05) is 7.05 Å². The molecule has 3 rings (SSSR count). The number of fused-ring (bicyclic) bond motifs is 3. The first-order valence-electron chi connectivity index (χ1n) is 7.77. The molecule has 1 saturated carbocycles. The fourth-order valence-corrected chi connectivity index (χ4v) is 3.67. The number of benzene rings is 1. The van der Waals surface area contributed by atoms with Gasteiger partial charge in [-0.3, -0.25) is 4.79 Å². The maximum Gasteiger partial charge on any atom is 0.237 e. The standard InChI is InChI=1S/C17H23FN2O/c1-9(2)6-14(19-3)17(21)20-16-13-8-10-7-11(18)4-5-12(10)15(13)16/h4-5,7,9,13-16,19H,6,8H2,1-3H3,(H,20,21)/t13?,14-,15?,16?/m0/s1. The Morgan fingerprint density at radius 2 is 2.19 bits per heavy atom. The Hall–Kier alpha value is -1.42. The van der Waals surface area contributed by atoms with E-state index in [9.17, 15) is 9.18 Å². The van der Waals surface area contributed by atoms with E-state index >= 15 is 0 Å². The molecule has 0 bridgehead atoms. The molecule has 21 heavy (non-hydrogen) atoms. The lowest BCUT2D eigenvalue weighted by Crippen LogP contribution is -2.45. The van der Waals surface area contributed by atoms with Gasteiger partial charge in [-0.05, 0) is 55.0 Å². The monoisotopic (exact) mass is 290 g/mol. The Labute approximate surface area is 125 Å². The van der Waals surface area contributed by atoms with Crippen molar-refractivity contribution < 1.29 is 9.18 Å². The summed E-state index contributed by atoms with van der Waals surface area (Å²) in [6, 6.07) is 5.14. The molecule has 0 heterocycles. The fraction of sp³-hybridized carbons (Fsp3) is 0.588. The van der Waals surface area contributed by atoms with Crippen molar-refractivity contribution in [3.63, 3.8) is 0 Å². The average Bonchev–Trinajstić information content (AvgIpc) is 2.94. The Morgan fingerprint density at radius 3 is 2.86 bits per heavy atom. The molecule has 0 aromatic heterocycles. The van der Waals surface area contributed by atoms with Gasteiger partial charge < -0.3 is 10.6 Å². The molecule has 114 valence electrons. The Balaban J connectivity index is 1.62. The molecular formula is C17H23FN2O. The third kappa shape index (κ3) is 2.69. The van der Waals surface area contributed by atoms with Crippen LogP contribution >= 0.6 is 0 Å². The molecule has 2 aliphatic carbocycles. The van der Waals surface area contributed by atoms with Crippen LogP contribution in [0.1, 0.15) is 37.3 Å². The molecule has 1 fully saturated rings. The number of hydrogen-bond donors (Lipinski definition) is 2. The van der Waals surface area contributed by atoms with Crippen molar-refractivity contribution in [3.05, 3.63) is 35.1 Å². The molecule has 4 heteroatoms. The minimum Gasteiger partial charge on any atom is -0.351 e. The maximum absolute atomic E-state index is 13.2. The SMILES string of the molecule is CN[C@@H](CC(C)C)C(=O)NC1C2Cc3cc(F)ccc3C21. The van der Waals surface area contributed by atoms with Gasteiger partial charge >= 0.3 is 0 Å². The summed E-state index contributed by atoms with van der Waals surface area (Å²) in [4.78, 5) is 12.3. The Kier molecular flexibility index (Phi) is 3.74. The van der Waals surface area contributed by atoms with Crippen molar-refractivity contribution in [3.8, 4) is 0 Å². The van der Waals surface area contributed by atoms with Crippen LogP contribution in [-0.2, 0) is 11.2 Å². The van der Waals surface area contributed by atoms with E-state index in [1.165, 1.54) is 11.6 Å². The number of amides is 1. The number of carbonyl (C=O) groups excluding carboxylic acids is 1. The van der Waals surface area contributed by atoms with E-state index in [2.05, 4.69) is 24.5 Å². The molecule has 2 N–H and O–H groups in total. The zero-order valence-electron chi connectivity index (χ0n) is 12.8. The molecule has 3 nitrogen and oxygen atoms in total. The van der Waals surface area contributed by atoms with Crippen molar-refractivity contribution in [2.24, 2.45) is 11.8 Å². The highest BCUT2D eigenvalue weighted by Crippen LogP contribution is 2.56. The zero-order chi connectivity index (χ0) is 15.1. The normalized spacial score (nSPS) is 27.2. The van der Waals surface area contributed by atoms with Crippen LogP contribution in [0.5, 0.6) is 0 Å². The molecule has 2 aliphatic rings. The van der Waals surface area contributed by atoms with Gasteiger partial charge in [-0.25, -0.2) is 4.39 Å². The maximum atomic E-state index is 13.2. The first-order valence-corrected chi connectivity index (χ1v) is 7.77. The van der Waals surface area contributed by atoms with E-state index in [-0.39, 0.29) is 23.8 Å². The second-order valence-electron chi connectivity index (χ2n) is 6.74. The smallest absolute Gasteiger partial charge is 0.237 e. The molecule has 1 aromatic carbocycles. The van der Waals surface area contributed by atoms with Crippen LogP contribution in [0.3, 0.4) is 0 Å². The first kappa shape index (κ1) is 14.5. The summed E-state index contributed by atoms with van der Waals surface area (Å²) < 4.78 is 13.2. The van der Waals surface area contributed by atoms with Gasteiger partial charge in [-0.2, -0.15) is 0 Å². The van der Waals surface area contributed by atoms with Crippen LogP contribution in [-0.4, -0.2) is 25.0 Å². The van der Waals surface area contributed by atoms with E-state index in [0.29, 0.717) is 17.8 Å². The second-order valence-corrected chi connectivity index (χ2v) is 6.74. The molecule has 4 atom stereocenters. The summed E-state index contributed by atoms with van der Waals surface area (Å²) in [5, 5.41) is 6.27. The van der Waals surface area contributed by atoms with Crippen molar-refractivity contribution in [2.45, 2.75) is 44.7 Å². The summed E-state index contributed by atoms with van der Waals surface area (Å²) >= 11 is 0. The highest BCUT2D eigenvalue weighted by atomic mass is 19.1. The van der Waals surface area contributed by atoms with E-state index < -0.39 is 0 Å². The number of halogens is 1. The first-order chi connectivity index (χ1) is 10.0. The lowest BCUT2D eigenvalue weighted by Gasteiger charge is -2.19. The number of rotatable bonds is 5. The quantitative estimate of drug-likeness (QED) is 0.873. The van der Waals surface area contributed by atoms with Gasteiger partial charge in [0.2, 0.25) is 5.91 Å². The van der Waals surface area contributed by atoms with Crippen LogP contribution in [0.25, 0.3) is 0 Å². The molecule has 0 spiro atoms. The second kappa shape index (κ2) is 5.41. The summed E-state index contributed by atoms with van der Waals surface area (Å²) in [7, 11) is 1.83. The van der Waals surface area contributed by atoms with Crippen LogP contribution in [0, 0.1) is 17.7 Å². The summed E-state index contributed by atoms with van der Waals surface area (Å²) in [5.74, 6) is 1.26. The number of nitrogens with one attached hydrogen (secondary N) is 2. The minimum atomic E-state index is -0.164. The molecule has 1 amide bonds. The van der Waals surface area contributed by atoms with Gasteiger partial charge in [0.05, 0.1) is 6.04 Å². The number of likely N-dealkylation sites (N-methyl/N-ethyl adjacent to an activating group) is 1. The van der Waals surface area contributed by atoms with Crippen LogP contribution in [0.4, 0.5) is 4.39 Å². The van der Waals surface area contributed by atoms with Crippen LogP contribution < -0.4 is 10.6 Å². The summed E-state index contributed by atoms with van der Waals surface area (Å²) in [6.07, 6.45) is 1.73. The molecule has 0 aliphatic heterocycles. The Morgan fingerprint density at radius 1 is 1.43 bits per heavy atom. The molecule has 1 aromatic rings. The topological polar surface area (TPSA) is 41.1 Å². The van der Waals surface area contributed by atoms with E-state index in [0.717, 1.165) is 18.4 Å². The van der Waals surface area contributed by atoms with Crippen LogP contribution in [0.2, 0.25) is 0 Å². The lowest BCUT2D eigenvalue weighted by atomic mass is 10.0.